The SMILES string of the molecule is CC1CCN(c2ccc(C3c4ccc(O)cc4CC[C@@H]3c3ccccc3)cn2)CC1. The number of phenolic OH excluding ortho intramolecular Hbond substituents is 1. The van der Waals surface area contributed by atoms with Crippen molar-refractivity contribution < 1.29 is 5.11 Å². The molecule has 1 aromatic heterocycles. The molecular weight excluding hydrogens is 368 g/mol. The number of piperidine rings is 1. The number of phenols is 1. The summed E-state index contributed by atoms with van der Waals surface area (Å²) in [6.45, 7) is 4.55. The fourth-order valence-electron chi connectivity index (χ4n) is 5.28. The highest BCUT2D eigenvalue weighted by Gasteiger charge is 2.32. The van der Waals surface area contributed by atoms with Crippen molar-refractivity contribution in [2.24, 2.45) is 5.92 Å². The Morgan fingerprint density at radius 1 is 0.900 bits per heavy atom. The molecule has 1 N–H and O–H groups in total. The molecular formula is C27H30N2O. The quantitative estimate of drug-likeness (QED) is 0.598. The summed E-state index contributed by atoms with van der Waals surface area (Å²) in [4.78, 5) is 7.32. The lowest BCUT2D eigenvalue weighted by Crippen LogP contribution is -2.33. The molecule has 0 bridgehead atoms. The van der Waals surface area contributed by atoms with Gasteiger partial charge in [-0.25, -0.2) is 4.98 Å². The number of rotatable bonds is 3. The van der Waals surface area contributed by atoms with Gasteiger partial charge in [-0.1, -0.05) is 49.4 Å². The van der Waals surface area contributed by atoms with Gasteiger partial charge >= 0.3 is 0 Å². The normalized spacial score (nSPS) is 22.0. The molecule has 1 aliphatic heterocycles. The van der Waals surface area contributed by atoms with Crippen LogP contribution < -0.4 is 4.90 Å². The summed E-state index contributed by atoms with van der Waals surface area (Å²) < 4.78 is 0. The van der Waals surface area contributed by atoms with E-state index < -0.39 is 0 Å². The van der Waals surface area contributed by atoms with Crippen molar-refractivity contribution in [1.29, 1.82) is 0 Å². The number of hydrogen-bond donors (Lipinski definition) is 1. The molecule has 0 saturated carbocycles. The molecule has 1 fully saturated rings. The Bertz CT molecular complexity index is 991. The smallest absolute Gasteiger partial charge is 0.128 e. The van der Waals surface area contributed by atoms with Gasteiger partial charge in [0.25, 0.3) is 0 Å². The summed E-state index contributed by atoms with van der Waals surface area (Å²) in [6, 6.07) is 21.2. The fraction of sp³-hybridized carbons (Fsp3) is 0.370. The molecule has 3 nitrogen and oxygen atoms in total. The van der Waals surface area contributed by atoms with Crippen molar-refractivity contribution in [1.82, 2.24) is 4.98 Å². The largest absolute Gasteiger partial charge is 0.508 e. The average Bonchev–Trinajstić information content (AvgIpc) is 2.79. The lowest BCUT2D eigenvalue weighted by atomic mass is 9.69. The predicted molar refractivity (Wildman–Crippen MR) is 122 cm³/mol. The average molecular weight is 399 g/mol. The Kier molecular flexibility index (Phi) is 5.20. The zero-order valence-corrected chi connectivity index (χ0v) is 17.7. The van der Waals surface area contributed by atoms with Crippen LogP contribution in [0.2, 0.25) is 0 Å². The number of aromatic hydroxyl groups is 1. The first-order chi connectivity index (χ1) is 14.7. The van der Waals surface area contributed by atoms with Crippen molar-refractivity contribution in [3.63, 3.8) is 0 Å². The van der Waals surface area contributed by atoms with Gasteiger partial charge in [0.1, 0.15) is 11.6 Å². The van der Waals surface area contributed by atoms with Crippen LogP contribution in [0.4, 0.5) is 5.82 Å². The molecule has 1 unspecified atom stereocenters. The molecule has 0 amide bonds. The van der Waals surface area contributed by atoms with Gasteiger partial charge < -0.3 is 10.0 Å². The monoisotopic (exact) mass is 398 g/mol. The number of fused-ring (bicyclic) bond motifs is 1. The third-order valence-corrected chi connectivity index (χ3v) is 7.05. The van der Waals surface area contributed by atoms with Gasteiger partial charge in [0, 0.05) is 25.2 Å². The van der Waals surface area contributed by atoms with Crippen LogP contribution in [-0.4, -0.2) is 23.2 Å². The lowest BCUT2D eigenvalue weighted by Gasteiger charge is -2.35. The fourth-order valence-corrected chi connectivity index (χ4v) is 5.28. The molecule has 2 aliphatic rings. The summed E-state index contributed by atoms with van der Waals surface area (Å²) in [5.41, 5.74) is 5.25. The zero-order valence-electron chi connectivity index (χ0n) is 17.7. The Morgan fingerprint density at radius 2 is 1.70 bits per heavy atom. The van der Waals surface area contributed by atoms with E-state index in [1.165, 1.54) is 35.1 Å². The van der Waals surface area contributed by atoms with Crippen molar-refractivity contribution >= 4 is 5.82 Å². The standard InChI is InChI=1S/C27H30N2O/c1-19-13-15-29(16-14-19)26-12-8-22(18-28-26)27-24(20-5-3-2-4-6-20)10-7-21-17-23(30)9-11-25(21)27/h2-6,8-9,11-12,17-19,24,27,30H,7,10,13-16H2,1H3/t24-,27?/m1/s1. The number of nitrogens with zero attached hydrogens (tertiary/aromatic N) is 2. The Labute approximate surface area is 179 Å². The van der Waals surface area contributed by atoms with Gasteiger partial charge in [0.05, 0.1) is 0 Å². The molecule has 2 heterocycles. The molecule has 3 heteroatoms. The van der Waals surface area contributed by atoms with Gasteiger partial charge in [-0.2, -0.15) is 0 Å². The topological polar surface area (TPSA) is 36.4 Å². The van der Waals surface area contributed by atoms with E-state index in [4.69, 9.17) is 4.98 Å². The van der Waals surface area contributed by atoms with Crippen LogP contribution in [0, 0.1) is 5.92 Å². The summed E-state index contributed by atoms with van der Waals surface area (Å²) in [7, 11) is 0. The van der Waals surface area contributed by atoms with Gasteiger partial charge in [-0.05, 0) is 78.0 Å². The van der Waals surface area contributed by atoms with Crippen LogP contribution in [0.5, 0.6) is 5.75 Å². The van der Waals surface area contributed by atoms with E-state index in [0.29, 0.717) is 11.7 Å². The number of anilines is 1. The first-order valence-corrected chi connectivity index (χ1v) is 11.3. The van der Waals surface area contributed by atoms with Gasteiger partial charge in [0.2, 0.25) is 0 Å². The van der Waals surface area contributed by atoms with Crippen LogP contribution in [0.25, 0.3) is 0 Å². The van der Waals surface area contributed by atoms with E-state index in [1.807, 2.05) is 12.1 Å². The summed E-state index contributed by atoms with van der Waals surface area (Å²) in [5, 5.41) is 10.0. The second kappa shape index (κ2) is 8.14. The highest BCUT2D eigenvalue weighted by atomic mass is 16.3. The first kappa shape index (κ1) is 19.2. The Hall–Kier alpha value is -2.81. The van der Waals surface area contributed by atoms with Crippen molar-refractivity contribution in [3.8, 4) is 5.75 Å². The maximum Gasteiger partial charge on any atom is 0.128 e. The molecule has 3 aromatic rings. The maximum atomic E-state index is 10.0. The summed E-state index contributed by atoms with van der Waals surface area (Å²) in [5.74, 6) is 2.97. The van der Waals surface area contributed by atoms with E-state index in [2.05, 4.69) is 66.6 Å². The molecule has 30 heavy (non-hydrogen) atoms. The second-order valence-corrected chi connectivity index (χ2v) is 9.04. The Morgan fingerprint density at radius 3 is 2.43 bits per heavy atom. The second-order valence-electron chi connectivity index (χ2n) is 9.04. The molecule has 5 rings (SSSR count). The first-order valence-electron chi connectivity index (χ1n) is 11.3. The molecule has 0 spiro atoms. The van der Waals surface area contributed by atoms with Crippen molar-refractivity contribution in [2.75, 3.05) is 18.0 Å². The Balaban J connectivity index is 1.50. The zero-order chi connectivity index (χ0) is 20.5. The third-order valence-electron chi connectivity index (χ3n) is 7.05. The number of benzene rings is 2. The minimum absolute atomic E-state index is 0.264. The van der Waals surface area contributed by atoms with E-state index >= 15 is 0 Å². The molecule has 1 saturated heterocycles. The van der Waals surface area contributed by atoms with Crippen LogP contribution in [-0.2, 0) is 6.42 Å². The van der Waals surface area contributed by atoms with Gasteiger partial charge in [-0.15, -0.1) is 0 Å². The van der Waals surface area contributed by atoms with E-state index in [0.717, 1.165) is 37.7 Å². The number of aryl methyl sites for hydroxylation is 1. The minimum atomic E-state index is 0.264. The van der Waals surface area contributed by atoms with Crippen molar-refractivity contribution in [3.05, 3.63) is 89.1 Å². The molecule has 2 aromatic carbocycles. The molecule has 1 aliphatic carbocycles. The minimum Gasteiger partial charge on any atom is -0.508 e. The van der Waals surface area contributed by atoms with Crippen LogP contribution >= 0.6 is 0 Å². The summed E-state index contributed by atoms with van der Waals surface area (Å²) in [6.07, 6.45) is 6.67. The molecule has 2 atom stereocenters. The van der Waals surface area contributed by atoms with Crippen LogP contribution in [0.15, 0.2) is 66.9 Å². The van der Waals surface area contributed by atoms with Crippen molar-refractivity contribution in [2.45, 2.75) is 44.4 Å². The van der Waals surface area contributed by atoms with Crippen LogP contribution in [0.3, 0.4) is 0 Å². The molecule has 154 valence electrons. The summed E-state index contributed by atoms with van der Waals surface area (Å²) >= 11 is 0. The number of hydrogen-bond acceptors (Lipinski definition) is 3. The highest BCUT2D eigenvalue weighted by Crippen LogP contribution is 2.46. The third kappa shape index (κ3) is 3.69. The van der Waals surface area contributed by atoms with Gasteiger partial charge in [-0.3, -0.25) is 0 Å². The highest BCUT2D eigenvalue weighted by molar-refractivity contribution is 5.49. The van der Waals surface area contributed by atoms with Gasteiger partial charge in [0.15, 0.2) is 0 Å². The van der Waals surface area contributed by atoms with Crippen LogP contribution in [0.1, 0.15) is 60.3 Å². The molecule has 0 radical (unpaired) electrons. The lowest BCUT2D eigenvalue weighted by molar-refractivity contribution is 0.436. The van der Waals surface area contributed by atoms with E-state index in [9.17, 15) is 5.11 Å². The van der Waals surface area contributed by atoms with E-state index in [1.54, 1.807) is 0 Å². The predicted octanol–water partition coefficient (Wildman–Crippen LogP) is 5.89. The maximum absolute atomic E-state index is 10.0. The van der Waals surface area contributed by atoms with E-state index in [-0.39, 0.29) is 5.92 Å². The number of aromatic nitrogens is 1. The number of pyridine rings is 1.